The Morgan fingerprint density at radius 2 is 1.92 bits per heavy atom. The molecule has 3 aliphatic heterocycles. The molecule has 0 aliphatic carbocycles. The second-order valence-electron chi connectivity index (χ2n) is 7.24. The highest BCUT2D eigenvalue weighted by Crippen LogP contribution is 2.45. The van der Waals surface area contributed by atoms with Crippen molar-refractivity contribution in [1.29, 1.82) is 0 Å². The molecule has 0 radical (unpaired) electrons. The molecule has 0 saturated carbocycles. The molecular weight excluding hydrogens is 344 g/mol. The molecular formula is C16H22N4O4S. The molecule has 0 bridgehead atoms. The first-order chi connectivity index (χ1) is 12.0. The summed E-state index contributed by atoms with van der Waals surface area (Å²) in [6, 6.07) is 1.52. The summed E-state index contributed by atoms with van der Waals surface area (Å²) in [4.78, 5) is 23.6. The van der Waals surface area contributed by atoms with Gasteiger partial charge in [0.1, 0.15) is 0 Å². The number of nitrogens with zero attached hydrogens (tertiary/aromatic N) is 3. The summed E-state index contributed by atoms with van der Waals surface area (Å²) < 4.78 is 28.2. The van der Waals surface area contributed by atoms with Gasteiger partial charge in [0, 0.05) is 44.1 Å². The van der Waals surface area contributed by atoms with E-state index in [0.717, 1.165) is 19.4 Å². The number of nitrogens with one attached hydrogen (secondary N) is 1. The zero-order chi connectivity index (χ0) is 17.5. The van der Waals surface area contributed by atoms with E-state index in [1.807, 2.05) is 0 Å². The Morgan fingerprint density at radius 3 is 2.56 bits per heavy atom. The third-order valence-electron chi connectivity index (χ3n) is 5.54. The summed E-state index contributed by atoms with van der Waals surface area (Å²) in [5.41, 5.74) is -0.163. The van der Waals surface area contributed by atoms with Crippen LogP contribution in [0, 0.1) is 11.3 Å². The van der Waals surface area contributed by atoms with Gasteiger partial charge < -0.3 is 15.0 Å². The number of carbonyl (C=O) groups excluding carboxylic acids is 1. The number of sulfone groups is 1. The Morgan fingerprint density at radius 1 is 1.24 bits per heavy atom. The highest BCUT2D eigenvalue weighted by molar-refractivity contribution is 7.92. The molecule has 1 amide bonds. The highest BCUT2D eigenvalue weighted by atomic mass is 32.2. The maximum absolute atomic E-state index is 12.9. The average molecular weight is 366 g/mol. The van der Waals surface area contributed by atoms with E-state index in [-0.39, 0.29) is 34.8 Å². The standard InChI is InChI=1S/C16H22N4O4S/c21-14(19-12-9-25(22,23)10-12)13-8-20(15-17-4-1-5-18-15)11-16(13)2-6-24-7-3-16/h1,4-5,12-13H,2-3,6-11H2,(H,19,21)/t13-/m1/s1. The minimum absolute atomic E-state index is 0.0487. The predicted molar refractivity (Wildman–Crippen MR) is 90.8 cm³/mol. The average Bonchev–Trinajstić information content (AvgIpc) is 2.93. The predicted octanol–water partition coefficient (Wildman–Crippen LogP) is -0.377. The Kier molecular flexibility index (Phi) is 4.15. The zero-order valence-corrected chi connectivity index (χ0v) is 14.7. The number of amides is 1. The lowest BCUT2D eigenvalue weighted by atomic mass is 9.71. The molecule has 1 N–H and O–H groups in total. The Balaban J connectivity index is 1.52. The van der Waals surface area contributed by atoms with Gasteiger partial charge in [-0.25, -0.2) is 18.4 Å². The van der Waals surface area contributed by atoms with E-state index in [1.165, 1.54) is 0 Å². The molecule has 9 heteroatoms. The maximum Gasteiger partial charge on any atom is 0.225 e. The number of hydrogen-bond donors (Lipinski definition) is 1. The topological polar surface area (TPSA) is 101 Å². The van der Waals surface area contributed by atoms with Crippen molar-refractivity contribution in [3.8, 4) is 0 Å². The monoisotopic (exact) mass is 366 g/mol. The van der Waals surface area contributed by atoms with Crippen molar-refractivity contribution in [2.24, 2.45) is 11.3 Å². The zero-order valence-electron chi connectivity index (χ0n) is 13.9. The van der Waals surface area contributed by atoms with Gasteiger partial charge >= 0.3 is 0 Å². The first-order valence-corrected chi connectivity index (χ1v) is 10.4. The molecule has 136 valence electrons. The molecule has 4 heterocycles. The van der Waals surface area contributed by atoms with Gasteiger partial charge in [0.25, 0.3) is 0 Å². The van der Waals surface area contributed by atoms with Crippen molar-refractivity contribution in [1.82, 2.24) is 15.3 Å². The van der Waals surface area contributed by atoms with Gasteiger partial charge in [0.05, 0.1) is 23.5 Å². The summed E-state index contributed by atoms with van der Waals surface area (Å²) in [7, 11) is -2.95. The van der Waals surface area contributed by atoms with Crippen LogP contribution in [0.2, 0.25) is 0 Å². The van der Waals surface area contributed by atoms with Gasteiger partial charge in [-0.3, -0.25) is 4.79 Å². The largest absolute Gasteiger partial charge is 0.381 e. The smallest absolute Gasteiger partial charge is 0.225 e. The Hall–Kier alpha value is -1.74. The number of anilines is 1. The molecule has 3 aliphatic rings. The SMILES string of the molecule is O=C(NC1CS(=O)(=O)C1)[C@H]1CN(c2ncccn2)CC12CCOCC2. The van der Waals surface area contributed by atoms with Crippen LogP contribution in [-0.4, -0.2) is 68.1 Å². The molecule has 3 fully saturated rings. The third-order valence-corrected chi connectivity index (χ3v) is 7.37. The van der Waals surface area contributed by atoms with Crippen LogP contribution in [0.5, 0.6) is 0 Å². The fourth-order valence-corrected chi connectivity index (χ4v) is 5.47. The highest BCUT2D eigenvalue weighted by Gasteiger charge is 2.52. The molecule has 8 nitrogen and oxygen atoms in total. The minimum atomic E-state index is -2.95. The molecule has 25 heavy (non-hydrogen) atoms. The normalized spacial score (nSPS) is 27.8. The summed E-state index contributed by atoms with van der Waals surface area (Å²) in [6.45, 7) is 2.56. The fourth-order valence-electron chi connectivity index (χ4n) is 4.17. The van der Waals surface area contributed by atoms with E-state index in [9.17, 15) is 13.2 Å². The van der Waals surface area contributed by atoms with Crippen LogP contribution in [0.3, 0.4) is 0 Å². The molecule has 0 aromatic carbocycles. The van der Waals surface area contributed by atoms with Crippen LogP contribution < -0.4 is 10.2 Å². The number of carbonyl (C=O) groups is 1. The molecule has 1 aromatic heterocycles. The third kappa shape index (κ3) is 3.22. The van der Waals surface area contributed by atoms with Gasteiger partial charge in [0.15, 0.2) is 9.84 Å². The van der Waals surface area contributed by atoms with Crippen molar-refractivity contribution in [3.63, 3.8) is 0 Å². The van der Waals surface area contributed by atoms with Crippen LogP contribution in [0.25, 0.3) is 0 Å². The van der Waals surface area contributed by atoms with Gasteiger partial charge in [0.2, 0.25) is 11.9 Å². The second kappa shape index (κ2) is 6.21. The van der Waals surface area contributed by atoms with Crippen molar-refractivity contribution in [3.05, 3.63) is 18.5 Å². The minimum Gasteiger partial charge on any atom is -0.381 e. The number of ether oxygens (including phenoxy) is 1. The van der Waals surface area contributed by atoms with Gasteiger partial charge in [-0.15, -0.1) is 0 Å². The number of hydrogen-bond acceptors (Lipinski definition) is 7. The van der Waals surface area contributed by atoms with Crippen molar-refractivity contribution >= 4 is 21.7 Å². The van der Waals surface area contributed by atoms with Crippen LogP contribution in [0.1, 0.15) is 12.8 Å². The summed E-state index contributed by atoms with van der Waals surface area (Å²) in [5, 5.41) is 2.93. The Bertz CT molecular complexity index is 737. The molecule has 1 atom stereocenters. The second-order valence-corrected chi connectivity index (χ2v) is 9.39. The van der Waals surface area contributed by atoms with E-state index in [4.69, 9.17) is 4.74 Å². The van der Waals surface area contributed by atoms with E-state index < -0.39 is 9.84 Å². The van der Waals surface area contributed by atoms with Crippen LogP contribution in [-0.2, 0) is 19.4 Å². The first kappa shape index (κ1) is 16.7. The first-order valence-electron chi connectivity index (χ1n) is 8.58. The van der Waals surface area contributed by atoms with Crippen molar-refractivity contribution < 1.29 is 17.9 Å². The summed E-state index contributed by atoms with van der Waals surface area (Å²) >= 11 is 0. The molecule has 1 aromatic rings. The van der Waals surface area contributed by atoms with E-state index in [1.54, 1.807) is 18.5 Å². The van der Waals surface area contributed by atoms with Crippen LogP contribution >= 0.6 is 0 Å². The summed E-state index contributed by atoms with van der Waals surface area (Å²) in [6.07, 6.45) is 5.03. The van der Waals surface area contributed by atoms with Crippen LogP contribution in [0.15, 0.2) is 18.5 Å². The lowest BCUT2D eigenvalue weighted by Gasteiger charge is -2.38. The molecule has 4 rings (SSSR count). The lowest BCUT2D eigenvalue weighted by Crippen LogP contribution is -2.56. The number of rotatable bonds is 3. The Labute approximate surface area is 146 Å². The summed E-state index contributed by atoms with van der Waals surface area (Å²) in [5.74, 6) is 0.471. The molecule has 1 spiro atoms. The van der Waals surface area contributed by atoms with Crippen LogP contribution in [0.4, 0.5) is 5.95 Å². The quantitative estimate of drug-likeness (QED) is 0.778. The van der Waals surface area contributed by atoms with Gasteiger partial charge in [-0.2, -0.15) is 0 Å². The van der Waals surface area contributed by atoms with Gasteiger partial charge in [-0.05, 0) is 18.9 Å². The molecule has 3 saturated heterocycles. The number of aromatic nitrogens is 2. The van der Waals surface area contributed by atoms with E-state index >= 15 is 0 Å². The lowest BCUT2D eigenvalue weighted by molar-refractivity contribution is -0.130. The fraction of sp³-hybridized carbons (Fsp3) is 0.688. The van der Waals surface area contributed by atoms with Gasteiger partial charge in [-0.1, -0.05) is 0 Å². The van der Waals surface area contributed by atoms with E-state index in [2.05, 4.69) is 20.2 Å². The van der Waals surface area contributed by atoms with Crippen molar-refractivity contribution in [2.75, 3.05) is 42.7 Å². The maximum atomic E-state index is 12.9. The molecule has 0 unspecified atom stereocenters. The van der Waals surface area contributed by atoms with E-state index in [0.29, 0.717) is 25.7 Å². The van der Waals surface area contributed by atoms with Crippen molar-refractivity contribution in [2.45, 2.75) is 18.9 Å².